The Bertz CT molecular complexity index is 592. The highest BCUT2D eigenvalue weighted by Gasteiger charge is 2.20. The second-order valence-electron chi connectivity index (χ2n) is 4.40. The van der Waals surface area contributed by atoms with Gasteiger partial charge in [-0.15, -0.1) is 0 Å². The normalized spacial score (nSPS) is 11.6. The molecule has 110 valence electrons. The van der Waals surface area contributed by atoms with E-state index in [2.05, 4.69) is 0 Å². The Hall–Kier alpha value is -1.73. The van der Waals surface area contributed by atoms with Crippen LogP contribution in [0, 0.1) is 0 Å². The van der Waals surface area contributed by atoms with Crippen LogP contribution in [0.1, 0.15) is 30.1 Å². The number of nitrogens with zero attached hydrogens (tertiary/aromatic N) is 1. The van der Waals surface area contributed by atoms with E-state index in [0.717, 1.165) is 4.31 Å². The standard InChI is InChI=1S/C13H17NO5S/c1-10(15)11-5-7-12(8-6-11)20(18,19)14(2)9-3-4-13(16)17/h5-8H,3-4,9H2,1-2H3,(H,16,17). The quantitative estimate of drug-likeness (QED) is 0.768. The van der Waals surface area contributed by atoms with E-state index >= 15 is 0 Å². The van der Waals surface area contributed by atoms with E-state index in [0.29, 0.717) is 5.56 Å². The predicted molar refractivity (Wildman–Crippen MR) is 73.1 cm³/mol. The first-order valence-corrected chi connectivity index (χ1v) is 7.48. The molecule has 0 saturated carbocycles. The van der Waals surface area contributed by atoms with Gasteiger partial charge in [-0.2, -0.15) is 0 Å². The maximum atomic E-state index is 12.2. The van der Waals surface area contributed by atoms with Crippen molar-refractivity contribution in [3.8, 4) is 0 Å². The molecule has 0 heterocycles. The first kappa shape index (κ1) is 16.3. The van der Waals surface area contributed by atoms with Crippen molar-refractivity contribution in [3.63, 3.8) is 0 Å². The van der Waals surface area contributed by atoms with Crippen molar-refractivity contribution in [2.75, 3.05) is 13.6 Å². The van der Waals surface area contributed by atoms with Gasteiger partial charge >= 0.3 is 5.97 Å². The van der Waals surface area contributed by atoms with Gasteiger partial charge in [0.25, 0.3) is 0 Å². The van der Waals surface area contributed by atoms with E-state index in [1.54, 1.807) is 0 Å². The Labute approximate surface area is 118 Å². The number of hydrogen-bond acceptors (Lipinski definition) is 4. The molecule has 0 spiro atoms. The molecule has 0 unspecified atom stereocenters. The minimum atomic E-state index is -3.65. The van der Waals surface area contributed by atoms with Crippen LogP contribution in [0.2, 0.25) is 0 Å². The van der Waals surface area contributed by atoms with Crippen molar-refractivity contribution in [2.24, 2.45) is 0 Å². The first-order chi connectivity index (χ1) is 9.25. The lowest BCUT2D eigenvalue weighted by Crippen LogP contribution is -2.28. The van der Waals surface area contributed by atoms with Gasteiger partial charge in [-0.25, -0.2) is 12.7 Å². The lowest BCUT2D eigenvalue weighted by atomic mass is 10.2. The number of aliphatic carboxylic acids is 1. The van der Waals surface area contributed by atoms with Crippen molar-refractivity contribution in [3.05, 3.63) is 29.8 Å². The lowest BCUT2D eigenvalue weighted by molar-refractivity contribution is -0.137. The molecule has 6 nitrogen and oxygen atoms in total. The highest BCUT2D eigenvalue weighted by Crippen LogP contribution is 2.16. The van der Waals surface area contributed by atoms with E-state index in [4.69, 9.17) is 5.11 Å². The van der Waals surface area contributed by atoms with Gasteiger partial charge in [0.05, 0.1) is 4.90 Å². The average molecular weight is 299 g/mol. The molecule has 0 aliphatic carbocycles. The lowest BCUT2D eigenvalue weighted by Gasteiger charge is -2.16. The summed E-state index contributed by atoms with van der Waals surface area (Å²) in [5.74, 6) is -1.09. The molecule has 0 atom stereocenters. The van der Waals surface area contributed by atoms with Crippen molar-refractivity contribution in [1.82, 2.24) is 4.31 Å². The van der Waals surface area contributed by atoms with Crippen molar-refractivity contribution >= 4 is 21.8 Å². The zero-order valence-electron chi connectivity index (χ0n) is 11.4. The fraction of sp³-hybridized carbons (Fsp3) is 0.385. The van der Waals surface area contributed by atoms with Gasteiger partial charge in [-0.1, -0.05) is 12.1 Å². The van der Waals surface area contributed by atoms with Crippen molar-refractivity contribution < 1.29 is 23.1 Å². The van der Waals surface area contributed by atoms with Gasteiger partial charge in [-0.05, 0) is 25.5 Å². The van der Waals surface area contributed by atoms with Gasteiger partial charge in [0, 0.05) is 25.6 Å². The molecule has 0 amide bonds. The van der Waals surface area contributed by atoms with E-state index in [9.17, 15) is 18.0 Å². The Balaban J connectivity index is 2.81. The Morgan fingerprint density at radius 3 is 2.20 bits per heavy atom. The second kappa shape index (κ2) is 6.62. The molecule has 7 heteroatoms. The summed E-state index contributed by atoms with van der Waals surface area (Å²) in [5.41, 5.74) is 0.442. The molecule has 1 N–H and O–H groups in total. The third-order valence-corrected chi connectivity index (χ3v) is 4.70. The monoisotopic (exact) mass is 299 g/mol. The van der Waals surface area contributed by atoms with Gasteiger partial charge < -0.3 is 5.11 Å². The van der Waals surface area contributed by atoms with E-state index in [-0.39, 0.29) is 30.1 Å². The number of benzene rings is 1. The van der Waals surface area contributed by atoms with Crippen LogP contribution in [0.15, 0.2) is 29.2 Å². The number of ketones is 1. The molecule has 0 aliphatic rings. The number of Topliss-reactive ketones (excluding diaryl/α,β-unsaturated/α-hetero) is 1. The van der Waals surface area contributed by atoms with Crippen LogP contribution in [0.25, 0.3) is 0 Å². The summed E-state index contributed by atoms with van der Waals surface area (Å²) in [6, 6.07) is 5.67. The Morgan fingerprint density at radius 2 is 1.75 bits per heavy atom. The van der Waals surface area contributed by atoms with E-state index in [1.165, 1.54) is 38.2 Å². The second-order valence-corrected chi connectivity index (χ2v) is 6.45. The topological polar surface area (TPSA) is 91.8 Å². The zero-order chi connectivity index (χ0) is 15.3. The molecule has 1 aromatic carbocycles. The highest BCUT2D eigenvalue weighted by molar-refractivity contribution is 7.89. The number of carbonyl (C=O) groups is 2. The smallest absolute Gasteiger partial charge is 0.303 e. The number of carbonyl (C=O) groups excluding carboxylic acids is 1. The van der Waals surface area contributed by atoms with Gasteiger partial charge in [-0.3, -0.25) is 9.59 Å². The van der Waals surface area contributed by atoms with Crippen LogP contribution < -0.4 is 0 Å². The summed E-state index contributed by atoms with van der Waals surface area (Å²) in [6.07, 6.45) is 0.166. The fourth-order valence-electron chi connectivity index (χ4n) is 1.61. The molecule has 0 radical (unpaired) electrons. The maximum absolute atomic E-state index is 12.2. The number of carboxylic acid groups (broad SMARTS) is 1. The van der Waals surface area contributed by atoms with E-state index in [1.807, 2.05) is 0 Å². The van der Waals surface area contributed by atoms with Crippen LogP contribution in [0.4, 0.5) is 0 Å². The molecule has 1 rings (SSSR count). The van der Waals surface area contributed by atoms with Crippen molar-refractivity contribution in [2.45, 2.75) is 24.7 Å². The molecule has 0 fully saturated rings. The summed E-state index contributed by atoms with van der Waals surface area (Å²) in [5, 5.41) is 8.53. The van der Waals surface area contributed by atoms with Gasteiger partial charge in [0.1, 0.15) is 0 Å². The van der Waals surface area contributed by atoms with Crippen LogP contribution in [0.3, 0.4) is 0 Å². The average Bonchev–Trinajstić information content (AvgIpc) is 2.38. The van der Waals surface area contributed by atoms with Crippen LogP contribution in [0.5, 0.6) is 0 Å². The molecular weight excluding hydrogens is 282 g/mol. The van der Waals surface area contributed by atoms with Crippen molar-refractivity contribution in [1.29, 1.82) is 0 Å². The highest BCUT2D eigenvalue weighted by atomic mass is 32.2. The van der Waals surface area contributed by atoms with E-state index < -0.39 is 16.0 Å². The fourth-order valence-corrected chi connectivity index (χ4v) is 2.82. The van der Waals surface area contributed by atoms with Crippen LogP contribution in [-0.2, 0) is 14.8 Å². The molecule has 1 aromatic rings. The molecule has 20 heavy (non-hydrogen) atoms. The minimum Gasteiger partial charge on any atom is -0.481 e. The maximum Gasteiger partial charge on any atom is 0.303 e. The summed E-state index contributed by atoms with van der Waals surface area (Å²) >= 11 is 0. The minimum absolute atomic E-state index is 0.0802. The molecule has 0 bridgehead atoms. The molecule has 0 aliphatic heterocycles. The third kappa shape index (κ3) is 4.14. The van der Waals surface area contributed by atoms with Crippen LogP contribution in [-0.4, -0.2) is 43.2 Å². The number of rotatable bonds is 7. The SMILES string of the molecule is CC(=O)c1ccc(S(=O)(=O)N(C)CCCC(=O)O)cc1. The predicted octanol–water partition coefficient (Wildman–Crippen LogP) is 1.37. The zero-order valence-corrected chi connectivity index (χ0v) is 12.2. The number of sulfonamides is 1. The summed E-state index contributed by atoms with van der Waals surface area (Å²) in [4.78, 5) is 21.6. The molecular formula is C13H17NO5S. The summed E-state index contributed by atoms with van der Waals surface area (Å²) in [7, 11) is -2.25. The molecule has 0 saturated heterocycles. The summed E-state index contributed by atoms with van der Waals surface area (Å²) < 4.78 is 25.5. The van der Waals surface area contributed by atoms with Gasteiger partial charge in [0.2, 0.25) is 10.0 Å². The van der Waals surface area contributed by atoms with Crippen LogP contribution >= 0.6 is 0 Å². The Morgan fingerprint density at radius 1 is 1.20 bits per heavy atom. The Kier molecular flexibility index (Phi) is 5.41. The largest absolute Gasteiger partial charge is 0.481 e. The molecule has 0 aromatic heterocycles. The number of carboxylic acids is 1. The number of hydrogen-bond donors (Lipinski definition) is 1. The summed E-state index contributed by atoms with van der Waals surface area (Å²) in [6.45, 7) is 1.53. The third-order valence-electron chi connectivity index (χ3n) is 2.83. The van der Waals surface area contributed by atoms with Gasteiger partial charge in [0.15, 0.2) is 5.78 Å². The first-order valence-electron chi connectivity index (χ1n) is 6.04.